The van der Waals surface area contributed by atoms with E-state index in [0.29, 0.717) is 11.5 Å². The second kappa shape index (κ2) is 6.29. The Morgan fingerprint density at radius 2 is 1.85 bits per heavy atom. The number of benzene rings is 1. The van der Waals surface area contributed by atoms with Gasteiger partial charge in [0.2, 0.25) is 5.91 Å². The fraction of sp³-hybridized carbons (Fsp3) is 0.619. The number of fused-ring (bicyclic) bond motifs is 4. The summed E-state index contributed by atoms with van der Waals surface area (Å²) in [5, 5.41) is 3.02. The zero-order chi connectivity index (χ0) is 17.7. The Kier molecular flexibility index (Phi) is 3.91. The van der Waals surface area contributed by atoms with Crippen LogP contribution in [0.3, 0.4) is 0 Å². The fourth-order valence-corrected chi connectivity index (χ4v) is 5.53. The van der Waals surface area contributed by atoms with Gasteiger partial charge in [-0.2, -0.15) is 0 Å². The molecule has 0 aromatic heterocycles. The molecule has 3 heterocycles. The first-order valence-corrected chi connectivity index (χ1v) is 10.2. The van der Waals surface area contributed by atoms with Crippen LogP contribution >= 0.6 is 0 Å². The molecule has 3 atom stereocenters. The Balaban J connectivity index is 1.36. The number of nitrogens with zero attached hydrogens (tertiary/aromatic N) is 2. The van der Waals surface area contributed by atoms with Crippen LogP contribution in [0.2, 0.25) is 0 Å². The largest absolute Gasteiger partial charge is 0.358 e. The normalized spacial score (nSPS) is 30.3. The monoisotopic (exact) mass is 353 g/mol. The number of piperidine rings is 1. The van der Waals surface area contributed by atoms with Gasteiger partial charge in [-0.1, -0.05) is 19.3 Å². The maximum absolute atomic E-state index is 13.1. The summed E-state index contributed by atoms with van der Waals surface area (Å²) >= 11 is 0. The van der Waals surface area contributed by atoms with Crippen molar-refractivity contribution in [2.24, 2.45) is 11.8 Å². The molecule has 2 saturated heterocycles. The van der Waals surface area contributed by atoms with Gasteiger partial charge in [-0.05, 0) is 55.7 Å². The Morgan fingerprint density at radius 3 is 2.73 bits per heavy atom. The zero-order valence-corrected chi connectivity index (χ0v) is 15.2. The lowest BCUT2D eigenvalue weighted by atomic mass is 9.75. The highest BCUT2D eigenvalue weighted by atomic mass is 16.2. The summed E-state index contributed by atoms with van der Waals surface area (Å²) in [5.74, 6) is 1.70. The predicted octanol–water partition coefficient (Wildman–Crippen LogP) is 3.26. The minimum Gasteiger partial charge on any atom is -0.358 e. The molecule has 5 rings (SSSR count). The zero-order valence-electron chi connectivity index (χ0n) is 15.2. The van der Waals surface area contributed by atoms with Crippen LogP contribution in [0.4, 0.5) is 11.4 Å². The molecule has 5 nitrogen and oxygen atoms in total. The molecule has 3 aliphatic heterocycles. The van der Waals surface area contributed by atoms with Gasteiger partial charge < -0.3 is 15.1 Å². The fourth-order valence-electron chi connectivity index (χ4n) is 5.53. The summed E-state index contributed by atoms with van der Waals surface area (Å²) in [6.45, 7) is 2.70. The van der Waals surface area contributed by atoms with Crippen LogP contribution in [-0.2, 0) is 4.79 Å². The van der Waals surface area contributed by atoms with Crippen molar-refractivity contribution < 1.29 is 9.59 Å². The van der Waals surface area contributed by atoms with Gasteiger partial charge in [-0.3, -0.25) is 9.59 Å². The lowest BCUT2D eigenvalue weighted by Gasteiger charge is -2.41. The molecule has 1 saturated carbocycles. The van der Waals surface area contributed by atoms with Crippen molar-refractivity contribution in [2.75, 3.05) is 29.9 Å². The van der Waals surface area contributed by atoms with E-state index in [9.17, 15) is 9.59 Å². The molecule has 5 heteroatoms. The van der Waals surface area contributed by atoms with Gasteiger partial charge in [0, 0.05) is 25.2 Å². The van der Waals surface area contributed by atoms with E-state index in [0.717, 1.165) is 56.2 Å². The second-order valence-corrected chi connectivity index (χ2v) is 8.42. The van der Waals surface area contributed by atoms with Crippen LogP contribution in [0.1, 0.15) is 55.3 Å². The Bertz CT molecular complexity index is 747. The summed E-state index contributed by atoms with van der Waals surface area (Å²) in [4.78, 5) is 29.6. The van der Waals surface area contributed by atoms with Crippen LogP contribution in [0, 0.1) is 11.8 Å². The molecular weight excluding hydrogens is 326 g/mol. The molecule has 0 spiro atoms. The molecule has 2 amide bonds. The molecule has 0 bridgehead atoms. The van der Waals surface area contributed by atoms with Gasteiger partial charge in [0.1, 0.15) is 6.04 Å². The molecule has 138 valence electrons. The van der Waals surface area contributed by atoms with Crippen molar-refractivity contribution in [3.63, 3.8) is 0 Å². The van der Waals surface area contributed by atoms with Crippen molar-refractivity contribution >= 4 is 23.2 Å². The average molecular weight is 353 g/mol. The van der Waals surface area contributed by atoms with Crippen molar-refractivity contribution in [1.82, 2.24) is 4.90 Å². The van der Waals surface area contributed by atoms with Gasteiger partial charge in [0.25, 0.3) is 5.91 Å². The first-order valence-electron chi connectivity index (χ1n) is 10.2. The number of carbonyl (C=O) groups is 2. The molecule has 1 aromatic carbocycles. The second-order valence-electron chi connectivity index (χ2n) is 8.42. The summed E-state index contributed by atoms with van der Waals surface area (Å²) < 4.78 is 0. The Hall–Kier alpha value is -2.04. The first-order chi connectivity index (χ1) is 12.7. The lowest BCUT2D eigenvalue weighted by molar-refractivity contribution is -0.117. The van der Waals surface area contributed by atoms with Crippen molar-refractivity contribution in [3.8, 4) is 0 Å². The average Bonchev–Trinajstić information content (AvgIpc) is 3.17. The van der Waals surface area contributed by atoms with Crippen LogP contribution < -0.4 is 10.2 Å². The van der Waals surface area contributed by atoms with Gasteiger partial charge >= 0.3 is 0 Å². The molecule has 1 aliphatic carbocycles. The van der Waals surface area contributed by atoms with Crippen molar-refractivity contribution in [2.45, 2.75) is 51.0 Å². The highest BCUT2D eigenvalue weighted by molar-refractivity contribution is 6.06. The molecule has 1 N–H and O–H groups in total. The maximum atomic E-state index is 13.1. The Labute approximate surface area is 154 Å². The van der Waals surface area contributed by atoms with E-state index in [1.54, 1.807) is 0 Å². The lowest BCUT2D eigenvalue weighted by Crippen LogP contribution is -2.45. The third kappa shape index (κ3) is 2.60. The smallest absolute Gasteiger partial charge is 0.253 e. The van der Waals surface area contributed by atoms with Crippen molar-refractivity contribution in [3.05, 3.63) is 23.8 Å². The number of likely N-dealkylation sites (tertiary alicyclic amines) is 1. The van der Waals surface area contributed by atoms with Crippen LogP contribution in [0.25, 0.3) is 0 Å². The minimum absolute atomic E-state index is 0.0330. The molecular formula is C21H27N3O2. The SMILES string of the molecule is O=C1Nc2cc(C(=O)N3CC[C@@H]4CCCC[C@H]4C3)ccc2N2CCC[C@H]12. The van der Waals surface area contributed by atoms with E-state index in [1.807, 2.05) is 23.1 Å². The van der Waals surface area contributed by atoms with Crippen LogP contribution in [0.5, 0.6) is 0 Å². The molecule has 0 unspecified atom stereocenters. The standard InChI is InChI=1S/C21H27N3O2/c25-20-19-6-3-10-24(19)18-8-7-15(12-17(18)22-20)21(26)23-11-9-14-4-1-2-5-16(14)13-23/h7-8,12,14,16,19H,1-6,9-11,13H2,(H,22,25)/t14-,16-,19+/m0/s1. The number of hydrogen-bond acceptors (Lipinski definition) is 3. The van der Waals surface area contributed by atoms with Gasteiger partial charge in [-0.15, -0.1) is 0 Å². The quantitative estimate of drug-likeness (QED) is 0.843. The number of hydrogen-bond donors (Lipinski definition) is 1. The van der Waals surface area contributed by atoms with E-state index < -0.39 is 0 Å². The third-order valence-electron chi connectivity index (χ3n) is 6.94. The number of rotatable bonds is 1. The predicted molar refractivity (Wildman–Crippen MR) is 101 cm³/mol. The van der Waals surface area contributed by atoms with Gasteiger partial charge in [0.05, 0.1) is 11.4 Å². The number of nitrogens with one attached hydrogen (secondary N) is 1. The minimum atomic E-state index is -0.0330. The number of carbonyl (C=O) groups excluding carboxylic acids is 2. The summed E-state index contributed by atoms with van der Waals surface area (Å²) in [5.41, 5.74) is 2.57. The molecule has 0 radical (unpaired) electrons. The molecule has 3 fully saturated rings. The third-order valence-corrected chi connectivity index (χ3v) is 6.94. The van der Waals surface area contributed by atoms with E-state index in [2.05, 4.69) is 10.2 Å². The van der Waals surface area contributed by atoms with Crippen LogP contribution in [0.15, 0.2) is 18.2 Å². The first kappa shape index (κ1) is 16.2. The summed E-state index contributed by atoms with van der Waals surface area (Å²) in [7, 11) is 0. The van der Waals surface area contributed by atoms with Crippen molar-refractivity contribution in [1.29, 1.82) is 0 Å². The van der Waals surface area contributed by atoms with E-state index in [4.69, 9.17) is 0 Å². The number of anilines is 2. The summed E-state index contributed by atoms with van der Waals surface area (Å²) in [6.07, 6.45) is 8.40. The van der Waals surface area contributed by atoms with Gasteiger partial charge in [-0.25, -0.2) is 0 Å². The molecule has 26 heavy (non-hydrogen) atoms. The Morgan fingerprint density at radius 1 is 1.00 bits per heavy atom. The van der Waals surface area contributed by atoms with E-state index in [1.165, 1.54) is 25.7 Å². The van der Waals surface area contributed by atoms with Gasteiger partial charge in [0.15, 0.2) is 0 Å². The topological polar surface area (TPSA) is 52.7 Å². The van der Waals surface area contributed by atoms with E-state index >= 15 is 0 Å². The molecule has 4 aliphatic rings. The summed E-state index contributed by atoms with van der Waals surface area (Å²) in [6, 6.07) is 5.82. The van der Waals surface area contributed by atoms with E-state index in [-0.39, 0.29) is 17.9 Å². The maximum Gasteiger partial charge on any atom is 0.253 e. The molecule has 1 aromatic rings. The number of amides is 2. The van der Waals surface area contributed by atoms with Crippen LogP contribution in [-0.4, -0.2) is 42.4 Å². The highest BCUT2D eigenvalue weighted by Gasteiger charge is 2.37. The highest BCUT2D eigenvalue weighted by Crippen LogP contribution is 2.39.